The number of carbonyl (C=O) groups is 2. The zero-order valence-electron chi connectivity index (χ0n) is 12.7. The van der Waals surface area contributed by atoms with Gasteiger partial charge >= 0.3 is 0 Å². The molecule has 1 N–H and O–H groups in total. The zero-order valence-corrected chi connectivity index (χ0v) is 14.2. The second-order valence-electron chi connectivity index (χ2n) is 5.38. The average Bonchev–Trinajstić information content (AvgIpc) is 2.79. The van der Waals surface area contributed by atoms with Gasteiger partial charge in [-0.05, 0) is 55.4 Å². The quantitative estimate of drug-likeness (QED) is 0.882. The Kier molecular flexibility index (Phi) is 4.33. The monoisotopic (exact) mass is 346 g/mol. The number of benzene rings is 2. The SMILES string of the molecule is Cc1ccc(N2C(=O)S[C@@H](Nc3ccc(C)c(Cl)c3)C2=O)cc1. The Morgan fingerprint density at radius 2 is 1.78 bits per heavy atom. The van der Waals surface area contributed by atoms with Crippen LogP contribution in [0.2, 0.25) is 5.02 Å². The fraction of sp³-hybridized carbons (Fsp3) is 0.176. The molecule has 0 saturated carbocycles. The summed E-state index contributed by atoms with van der Waals surface area (Å²) in [5.74, 6) is -0.277. The number of hydrogen-bond acceptors (Lipinski definition) is 4. The number of halogens is 1. The lowest BCUT2D eigenvalue weighted by atomic mass is 10.2. The van der Waals surface area contributed by atoms with Gasteiger partial charge < -0.3 is 5.32 Å². The second-order valence-corrected chi connectivity index (χ2v) is 6.84. The fourth-order valence-corrected chi connectivity index (χ4v) is 3.35. The number of carbonyl (C=O) groups excluding carboxylic acids is 2. The van der Waals surface area contributed by atoms with E-state index in [1.807, 2.05) is 38.1 Å². The van der Waals surface area contributed by atoms with Crippen LogP contribution in [0, 0.1) is 13.8 Å². The number of rotatable bonds is 3. The molecule has 4 nitrogen and oxygen atoms in total. The number of amides is 2. The fourth-order valence-electron chi connectivity index (χ4n) is 2.26. The summed E-state index contributed by atoms with van der Waals surface area (Å²) in [6, 6.07) is 12.8. The summed E-state index contributed by atoms with van der Waals surface area (Å²) in [5, 5.41) is 2.75. The maximum Gasteiger partial charge on any atom is 0.295 e. The highest BCUT2D eigenvalue weighted by atomic mass is 35.5. The lowest BCUT2D eigenvalue weighted by molar-refractivity contribution is -0.116. The molecule has 1 heterocycles. The van der Waals surface area contributed by atoms with Gasteiger partial charge in [-0.15, -0.1) is 0 Å². The zero-order chi connectivity index (χ0) is 16.6. The summed E-state index contributed by atoms with van der Waals surface area (Å²) < 4.78 is 0. The smallest absolute Gasteiger partial charge is 0.295 e. The largest absolute Gasteiger partial charge is 0.365 e. The summed E-state index contributed by atoms with van der Waals surface area (Å²) in [6.45, 7) is 3.86. The molecule has 1 aliphatic rings. The van der Waals surface area contributed by atoms with Gasteiger partial charge in [0.2, 0.25) is 0 Å². The molecule has 118 valence electrons. The summed E-state index contributed by atoms with van der Waals surface area (Å²) in [6.07, 6.45) is 0. The van der Waals surface area contributed by atoms with Crippen LogP contribution >= 0.6 is 23.4 Å². The maximum atomic E-state index is 12.5. The number of aryl methyl sites for hydroxylation is 2. The number of hydrogen-bond donors (Lipinski definition) is 1. The van der Waals surface area contributed by atoms with Gasteiger partial charge in [0, 0.05) is 10.7 Å². The minimum atomic E-state index is -0.650. The van der Waals surface area contributed by atoms with Crippen molar-refractivity contribution < 1.29 is 9.59 Å². The van der Waals surface area contributed by atoms with Gasteiger partial charge in [-0.2, -0.15) is 0 Å². The number of nitrogens with one attached hydrogen (secondary N) is 1. The molecule has 6 heteroatoms. The molecule has 0 aromatic heterocycles. The molecule has 0 bridgehead atoms. The van der Waals surface area contributed by atoms with E-state index in [4.69, 9.17) is 11.6 Å². The molecule has 0 unspecified atom stereocenters. The van der Waals surface area contributed by atoms with E-state index in [9.17, 15) is 9.59 Å². The van der Waals surface area contributed by atoms with Crippen molar-refractivity contribution in [3.05, 3.63) is 58.6 Å². The first-order valence-corrected chi connectivity index (χ1v) is 8.35. The minimum absolute atomic E-state index is 0.277. The van der Waals surface area contributed by atoms with Crippen LogP contribution in [-0.4, -0.2) is 16.5 Å². The average molecular weight is 347 g/mol. The normalized spacial score (nSPS) is 17.7. The first kappa shape index (κ1) is 15.9. The number of imide groups is 1. The topological polar surface area (TPSA) is 49.4 Å². The third-order valence-corrected chi connectivity index (χ3v) is 4.95. The highest BCUT2D eigenvalue weighted by Crippen LogP contribution is 2.33. The lowest BCUT2D eigenvalue weighted by Gasteiger charge is -2.15. The Morgan fingerprint density at radius 3 is 2.43 bits per heavy atom. The van der Waals surface area contributed by atoms with E-state index in [0.29, 0.717) is 16.4 Å². The molecule has 0 radical (unpaired) electrons. The van der Waals surface area contributed by atoms with E-state index in [-0.39, 0.29) is 11.1 Å². The van der Waals surface area contributed by atoms with Crippen LogP contribution in [0.1, 0.15) is 11.1 Å². The highest BCUT2D eigenvalue weighted by Gasteiger charge is 2.40. The van der Waals surface area contributed by atoms with E-state index in [1.54, 1.807) is 18.2 Å². The van der Waals surface area contributed by atoms with Crippen LogP contribution in [0.15, 0.2) is 42.5 Å². The van der Waals surface area contributed by atoms with Crippen molar-refractivity contribution in [3.8, 4) is 0 Å². The Balaban J connectivity index is 1.80. The Bertz CT molecular complexity index is 777. The Labute approximate surface area is 143 Å². The van der Waals surface area contributed by atoms with Crippen molar-refractivity contribution in [1.29, 1.82) is 0 Å². The van der Waals surface area contributed by atoms with Gasteiger partial charge in [-0.3, -0.25) is 9.59 Å². The molecule has 23 heavy (non-hydrogen) atoms. The maximum absolute atomic E-state index is 12.5. The third-order valence-electron chi connectivity index (χ3n) is 3.61. The van der Waals surface area contributed by atoms with Gasteiger partial charge in [-0.25, -0.2) is 4.90 Å². The molecule has 1 fully saturated rings. The van der Waals surface area contributed by atoms with Crippen LogP contribution in [0.5, 0.6) is 0 Å². The van der Waals surface area contributed by atoms with E-state index < -0.39 is 5.37 Å². The first-order valence-electron chi connectivity index (χ1n) is 7.09. The predicted octanol–water partition coefficient (Wildman–Crippen LogP) is 4.59. The highest BCUT2D eigenvalue weighted by molar-refractivity contribution is 8.16. The molecule has 1 atom stereocenters. The molecule has 2 amide bonds. The van der Waals surface area contributed by atoms with Crippen molar-refractivity contribution in [2.45, 2.75) is 19.2 Å². The molecule has 0 aliphatic carbocycles. The first-order chi connectivity index (χ1) is 11.0. The molecule has 1 saturated heterocycles. The van der Waals surface area contributed by atoms with Crippen LogP contribution < -0.4 is 10.2 Å². The molecule has 2 aromatic carbocycles. The van der Waals surface area contributed by atoms with Crippen LogP contribution in [0.25, 0.3) is 0 Å². The second kappa shape index (κ2) is 6.26. The van der Waals surface area contributed by atoms with Crippen molar-refractivity contribution in [1.82, 2.24) is 0 Å². The molecule has 1 aliphatic heterocycles. The van der Waals surface area contributed by atoms with E-state index >= 15 is 0 Å². The predicted molar refractivity (Wildman–Crippen MR) is 95.3 cm³/mol. The molecular weight excluding hydrogens is 332 g/mol. The van der Waals surface area contributed by atoms with E-state index in [1.165, 1.54) is 4.90 Å². The summed E-state index contributed by atoms with van der Waals surface area (Å²) >= 11 is 7.06. The molecule has 3 rings (SSSR count). The van der Waals surface area contributed by atoms with Crippen molar-refractivity contribution in [3.63, 3.8) is 0 Å². The number of thioether (sulfide) groups is 1. The molecular formula is C17H15ClN2O2S. The van der Waals surface area contributed by atoms with Crippen LogP contribution in [-0.2, 0) is 4.79 Å². The summed E-state index contributed by atoms with van der Waals surface area (Å²) in [4.78, 5) is 25.9. The van der Waals surface area contributed by atoms with Crippen molar-refractivity contribution in [2.24, 2.45) is 0 Å². The van der Waals surface area contributed by atoms with Gasteiger partial charge in [0.25, 0.3) is 11.1 Å². The standard InChI is InChI=1S/C17H15ClN2O2S/c1-10-3-7-13(8-4-10)20-16(21)15(23-17(20)22)19-12-6-5-11(2)14(18)9-12/h3-9,15,19H,1-2H3/t15-/m1/s1. The Hall–Kier alpha value is -1.98. The number of anilines is 2. The van der Waals surface area contributed by atoms with E-state index in [2.05, 4.69) is 5.32 Å². The third kappa shape index (κ3) is 3.21. The molecule has 0 spiro atoms. The van der Waals surface area contributed by atoms with Crippen LogP contribution in [0.4, 0.5) is 16.2 Å². The Morgan fingerprint density at radius 1 is 1.09 bits per heavy atom. The number of nitrogens with zero attached hydrogens (tertiary/aromatic N) is 1. The van der Waals surface area contributed by atoms with Gasteiger partial charge in [-0.1, -0.05) is 35.4 Å². The van der Waals surface area contributed by atoms with Crippen molar-refractivity contribution in [2.75, 3.05) is 10.2 Å². The summed E-state index contributed by atoms with van der Waals surface area (Å²) in [7, 11) is 0. The van der Waals surface area contributed by atoms with Gasteiger partial charge in [0.05, 0.1) is 5.69 Å². The summed E-state index contributed by atoms with van der Waals surface area (Å²) in [5.41, 5.74) is 3.33. The minimum Gasteiger partial charge on any atom is -0.365 e. The lowest BCUT2D eigenvalue weighted by Crippen LogP contribution is -2.34. The van der Waals surface area contributed by atoms with Gasteiger partial charge in [0.1, 0.15) is 0 Å². The van der Waals surface area contributed by atoms with Crippen LogP contribution in [0.3, 0.4) is 0 Å². The van der Waals surface area contributed by atoms with E-state index in [0.717, 1.165) is 22.9 Å². The van der Waals surface area contributed by atoms with Crippen molar-refractivity contribution >= 4 is 45.9 Å². The molecule has 2 aromatic rings. The van der Waals surface area contributed by atoms with Gasteiger partial charge in [0.15, 0.2) is 5.37 Å².